The molecule has 0 bridgehead atoms. The number of hydrogen-bond acceptors (Lipinski definition) is 4. The lowest BCUT2D eigenvalue weighted by Gasteiger charge is -2.30. The van der Waals surface area contributed by atoms with E-state index in [4.69, 9.17) is 4.74 Å². The first-order chi connectivity index (χ1) is 12.3. The van der Waals surface area contributed by atoms with Gasteiger partial charge in [-0.3, -0.25) is 4.79 Å². The Hall–Kier alpha value is -1.87. The number of nitrogens with zero attached hydrogens (tertiary/aromatic N) is 1. The average Bonchev–Trinajstić information content (AvgIpc) is 3.49. The van der Waals surface area contributed by atoms with Crippen molar-refractivity contribution in [2.24, 2.45) is 5.92 Å². The van der Waals surface area contributed by atoms with Crippen LogP contribution in [-0.4, -0.2) is 49.8 Å². The van der Waals surface area contributed by atoms with E-state index < -0.39 is 0 Å². The highest BCUT2D eigenvalue weighted by atomic mass is 16.5. The Morgan fingerprint density at radius 3 is 2.72 bits per heavy atom. The summed E-state index contributed by atoms with van der Waals surface area (Å²) in [5.41, 5.74) is 4.23. The van der Waals surface area contributed by atoms with Gasteiger partial charge in [0.1, 0.15) is 0 Å². The van der Waals surface area contributed by atoms with Crippen molar-refractivity contribution in [2.75, 3.05) is 32.8 Å². The minimum Gasteiger partial charge on any atom is -0.379 e. The van der Waals surface area contributed by atoms with Crippen LogP contribution in [0, 0.1) is 17.8 Å². The predicted octanol–water partition coefficient (Wildman–Crippen LogP) is 1.82. The van der Waals surface area contributed by atoms with Gasteiger partial charge in [-0.15, -0.1) is 0 Å². The topological polar surface area (TPSA) is 53.6 Å². The molecule has 3 rings (SSSR count). The Kier molecular flexibility index (Phi) is 6.87. The fraction of sp³-hybridized carbons (Fsp3) is 0.550. The Morgan fingerprint density at radius 1 is 1.24 bits per heavy atom. The number of carbonyl (C=O) groups excluding carboxylic acids is 1. The number of ether oxygens (including phenoxy) is 1. The molecule has 1 atom stereocenters. The first-order valence-electron chi connectivity index (χ1n) is 9.24. The van der Waals surface area contributed by atoms with Crippen LogP contribution in [0.3, 0.4) is 0 Å². The maximum atomic E-state index is 12.1. The molecule has 2 aliphatic rings. The Morgan fingerprint density at radius 2 is 2.00 bits per heavy atom. The van der Waals surface area contributed by atoms with Gasteiger partial charge >= 0.3 is 0 Å². The van der Waals surface area contributed by atoms with Crippen LogP contribution in [0.4, 0.5) is 0 Å². The van der Waals surface area contributed by atoms with Crippen LogP contribution in [0.25, 0.3) is 0 Å². The summed E-state index contributed by atoms with van der Waals surface area (Å²) >= 11 is 0. The van der Waals surface area contributed by atoms with E-state index in [1.807, 2.05) is 30.3 Å². The Labute approximate surface area is 150 Å². The van der Waals surface area contributed by atoms with Crippen LogP contribution in [0.15, 0.2) is 30.3 Å². The van der Waals surface area contributed by atoms with Crippen LogP contribution in [0.5, 0.6) is 0 Å². The fourth-order valence-corrected chi connectivity index (χ4v) is 2.73. The van der Waals surface area contributed by atoms with E-state index in [1.165, 1.54) is 12.8 Å². The Balaban J connectivity index is 1.41. The minimum atomic E-state index is -0.0117. The number of rotatable bonds is 7. The summed E-state index contributed by atoms with van der Waals surface area (Å²) in [6.07, 6.45) is 4.31. The maximum Gasteiger partial charge on any atom is 0.251 e. The summed E-state index contributed by atoms with van der Waals surface area (Å²) in [5.74, 6) is 7.35. The SMILES string of the molecule is O=C(NCCC[C@H](C#CC1CC1)NN1CCOCC1)c1ccccc1. The van der Waals surface area contributed by atoms with Crippen molar-refractivity contribution in [2.45, 2.75) is 31.7 Å². The molecule has 5 nitrogen and oxygen atoms in total. The number of nitrogens with one attached hydrogen (secondary N) is 2. The molecule has 1 aromatic rings. The molecular formula is C20H27N3O2. The highest BCUT2D eigenvalue weighted by molar-refractivity contribution is 5.94. The molecule has 1 aliphatic carbocycles. The van der Waals surface area contributed by atoms with Crippen molar-refractivity contribution in [1.82, 2.24) is 15.8 Å². The van der Waals surface area contributed by atoms with E-state index in [0.29, 0.717) is 18.0 Å². The molecule has 134 valence electrons. The molecule has 2 N–H and O–H groups in total. The number of hydrazine groups is 1. The van der Waals surface area contributed by atoms with Crippen LogP contribution in [0.2, 0.25) is 0 Å². The van der Waals surface area contributed by atoms with Gasteiger partial charge in [0.25, 0.3) is 5.91 Å². The number of amides is 1. The molecule has 1 aliphatic heterocycles. The van der Waals surface area contributed by atoms with Crippen LogP contribution >= 0.6 is 0 Å². The highest BCUT2D eigenvalue weighted by Gasteiger charge is 2.19. The van der Waals surface area contributed by atoms with Gasteiger partial charge in [-0.2, -0.15) is 0 Å². The van der Waals surface area contributed by atoms with Crippen molar-refractivity contribution in [3.8, 4) is 11.8 Å². The van der Waals surface area contributed by atoms with Crippen molar-refractivity contribution >= 4 is 5.91 Å². The third-order valence-electron chi connectivity index (χ3n) is 4.38. The first-order valence-corrected chi connectivity index (χ1v) is 9.24. The molecular weight excluding hydrogens is 314 g/mol. The second-order valence-corrected chi connectivity index (χ2v) is 6.61. The van der Waals surface area contributed by atoms with Crippen molar-refractivity contribution in [3.63, 3.8) is 0 Å². The average molecular weight is 341 g/mol. The van der Waals surface area contributed by atoms with Gasteiger partial charge in [0.15, 0.2) is 0 Å². The van der Waals surface area contributed by atoms with Crippen LogP contribution in [0.1, 0.15) is 36.0 Å². The molecule has 0 aromatic heterocycles. The summed E-state index contributed by atoms with van der Waals surface area (Å²) < 4.78 is 5.39. The fourth-order valence-electron chi connectivity index (χ4n) is 2.73. The van der Waals surface area contributed by atoms with E-state index in [2.05, 4.69) is 27.6 Å². The zero-order valence-electron chi connectivity index (χ0n) is 14.7. The molecule has 0 radical (unpaired) electrons. The number of carbonyl (C=O) groups is 1. The van der Waals surface area contributed by atoms with Crippen molar-refractivity contribution < 1.29 is 9.53 Å². The van der Waals surface area contributed by atoms with E-state index in [0.717, 1.165) is 39.1 Å². The zero-order chi connectivity index (χ0) is 17.3. The summed E-state index contributed by atoms with van der Waals surface area (Å²) in [5, 5.41) is 5.19. The molecule has 25 heavy (non-hydrogen) atoms. The number of hydrogen-bond donors (Lipinski definition) is 2. The lowest BCUT2D eigenvalue weighted by atomic mass is 10.1. The molecule has 0 unspecified atom stereocenters. The van der Waals surface area contributed by atoms with Gasteiger partial charge in [0.05, 0.1) is 19.3 Å². The number of morpholine rings is 1. The Bertz CT molecular complexity index is 598. The largest absolute Gasteiger partial charge is 0.379 e. The van der Waals surface area contributed by atoms with Crippen molar-refractivity contribution in [3.05, 3.63) is 35.9 Å². The number of benzene rings is 1. The third-order valence-corrected chi connectivity index (χ3v) is 4.38. The second kappa shape index (κ2) is 9.57. The lowest BCUT2D eigenvalue weighted by Crippen LogP contribution is -2.49. The summed E-state index contributed by atoms with van der Waals surface area (Å²) in [7, 11) is 0. The summed E-state index contributed by atoms with van der Waals surface area (Å²) in [6, 6.07) is 9.48. The molecule has 1 aromatic carbocycles. The monoisotopic (exact) mass is 341 g/mol. The zero-order valence-corrected chi connectivity index (χ0v) is 14.7. The maximum absolute atomic E-state index is 12.1. The second-order valence-electron chi connectivity index (χ2n) is 6.61. The third kappa shape index (κ3) is 6.50. The summed E-state index contributed by atoms with van der Waals surface area (Å²) in [4.78, 5) is 12.1. The van der Waals surface area contributed by atoms with Gasteiger partial charge in [0.2, 0.25) is 0 Å². The van der Waals surface area contributed by atoms with Gasteiger partial charge in [0, 0.05) is 31.1 Å². The minimum absolute atomic E-state index is 0.0117. The quantitative estimate of drug-likeness (QED) is 0.587. The summed E-state index contributed by atoms with van der Waals surface area (Å²) in [6.45, 7) is 3.99. The molecule has 1 saturated carbocycles. The van der Waals surface area contributed by atoms with Crippen LogP contribution in [-0.2, 0) is 4.74 Å². The van der Waals surface area contributed by atoms with Gasteiger partial charge < -0.3 is 10.1 Å². The van der Waals surface area contributed by atoms with E-state index >= 15 is 0 Å². The molecule has 0 spiro atoms. The van der Waals surface area contributed by atoms with Gasteiger partial charge in [-0.1, -0.05) is 30.0 Å². The molecule has 1 heterocycles. The van der Waals surface area contributed by atoms with E-state index in [9.17, 15) is 4.79 Å². The van der Waals surface area contributed by atoms with E-state index in [-0.39, 0.29) is 11.9 Å². The van der Waals surface area contributed by atoms with Crippen LogP contribution < -0.4 is 10.7 Å². The van der Waals surface area contributed by atoms with Gasteiger partial charge in [-0.25, -0.2) is 10.4 Å². The lowest BCUT2D eigenvalue weighted by molar-refractivity contribution is 0.00721. The normalized spacial score (nSPS) is 18.9. The molecule has 1 amide bonds. The van der Waals surface area contributed by atoms with Gasteiger partial charge in [-0.05, 0) is 37.8 Å². The molecule has 1 saturated heterocycles. The predicted molar refractivity (Wildman–Crippen MR) is 97.8 cm³/mol. The van der Waals surface area contributed by atoms with E-state index in [1.54, 1.807) is 0 Å². The first kappa shape index (κ1) is 17.9. The standard InChI is InChI=1S/C20H27N3O2/c24-20(18-5-2-1-3-6-18)21-12-4-7-19(11-10-17-8-9-17)22-23-13-15-25-16-14-23/h1-3,5-6,17,19,22H,4,7-9,12-16H2,(H,21,24)/t19-/m1/s1. The molecule has 2 fully saturated rings. The molecule has 5 heteroatoms. The highest BCUT2D eigenvalue weighted by Crippen LogP contribution is 2.27. The smallest absolute Gasteiger partial charge is 0.251 e. The van der Waals surface area contributed by atoms with Crippen molar-refractivity contribution in [1.29, 1.82) is 0 Å².